The fraction of sp³-hybridized carbons (Fsp3) is 0.412. The number of carboxylic acids is 1. The van der Waals surface area contributed by atoms with Crippen molar-refractivity contribution in [1.82, 2.24) is 14.3 Å². The Balaban J connectivity index is 0.00000210. The van der Waals surface area contributed by atoms with Gasteiger partial charge in [0, 0.05) is 13.1 Å². The van der Waals surface area contributed by atoms with Gasteiger partial charge in [0.25, 0.3) is 0 Å². The van der Waals surface area contributed by atoms with Crippen LogP contribution in [0.2, 0.25) is 0 Å². The van der Waals surface area contributed by atoms with E-state index in [1.165, 1.54) is 30.1 Å². The van der Waals surface area contributed by atoms with Gasteiger partial charge in [0.2, 0.25) is 5.91 Å². The first-order chi connectivity index (χ1) is 12.2. The molecule has 3 atom stereocenters. The van der Waals surface area contributed by atoms with E-state index in [-0.39, 0.29) is 47.1 Å². The first-order valence-corrected chi connectivity index (χ1v) is 8.99. The summed E-state index contributed by atoms with van der Waals surface area (Å²) in [6.45, 7) is 4.72. The first kappa shape index (κ1) is 20.2. The van der Waals surface area contributed by atoms with Gasteiger partial charge in [-0.2, -0.15) is 0 Å². The van der Waals surface area contributed by atoms with Crippen LogP contribution >= 0.6 is 11.3 Å². The van der Waals surface area contributed by atoms with E-state index in [2.05, 4.69) is 4.98 Å². The number of aryl methyl sites for hydroxylation is 1. The van der Waals surface area contributed by atoms with Crippen LogP contribution in [0, 0.1) is 12.8 Å². The molecule has 0 saturated carbocycles. The number of carboxylic acid groups (broad SMARTS) is 1. The molecule has 0 unspecified atom stereocenters. The van der Waals surface area contributed by atoms with Gasteiger partial charge in [-0.25, -0.2) is 4.98 Å². The van der Waals surface area contributed by atoms with Gasteiger partial charge in [0.15, 0.2) is 5.78 Å². The zero-order valence-corrected chi connectivity index (χ0v) is 18.2. The van der Waals surface area contributed by atoms with Crippen molar-refractivity contribution < 1.29 is 54.2 Å². The molecule has 0 bridgehead atoms. The number of Topliss-reactive ketones (excluding diaryl/α,β-unsaturated/α-hetero) is 1. The smallest absolute Gasteiger partial charge is 0.543 e. The van der Waals surface area contributed by atoms with Crippen LogP contribution in [-0.2, 0) is 9.59 Å². The number of aliphatic carboxylic acids is 1. The zero-order valence-electron chi connectivity index (χ0n) is 15.3. The minimum atomic E-state index is -1.42. The molecule has 8 nitrogen and oxygen atoms in total. The number of β-lactam (4-membered cyclic amide) rings is 1. The van der Waals surface area contributed by atoms with Crippen molar-refractivity contribution in [3.05, 3.63) is 28.3 Å². The normalized spacial score (nSPS) is 22.5. The molecule has 0 radical (unpaired) electrons. The monoisotopic (exact) mass is 397 g/mol. The van der Waals surface area contributed by atoms with Crippen LogP contribution in [-0.4, -0.2) is 49.2 Å². The second-order valence-electron chi connectivity index (χ2n) is 6.70. The van der Waals surface area contributed by atoms with Gasteiger partial charge in [0.1, 0.15) is 16.3 Å². The number of nitrogens with zero attached hydrogens (tertiary/aromatic N) is 3. The molecule has 27 heavy (non-hydrogen) atoms. The summed E-state index contributed by atoms with van der Waals surface area (Å²) in [7, 11) is 0. The number of aliphatic hydroxyl groups is 1. The van der Waals surface area contributed by atoms with Crippen LogP contribution < -0.4 is 34.7 Å². The number of imidazole rings is 1. The molecule has 4 heterocycles. The number of amides is 1. The summed E-state index contributed by atoms with van der Waals surface area (Å²) < 4.78 is 1.75. The van der Waals surface area contributed by atoms with Gasteiger partial charge in [0.05, 0.1) is 34.6 Å². The molecule has 1 amide bonds. The molecule has 0 aromatic carbocycles. The molecule has 1 saturated heterocycles. The number of hydrogen-bond donors (Lipinski definition) is 1. The molecule has 1 N–H and O–H groups in total. The topological polar surface area (TPSA) is 115 Å². The number of thiazole rings is 1. The van der Waals surface area contributed by atoms with Crippen molar-refractivity contribution in [2.75, 3.05) is 0 Å². The molecule has 136 valence electrons. The Labute approximate surface area is 180 Å². The fourth-order valence-electron chi connectivity index (χ4n) is 3.87. The van der Waals surface area contributed by atoms with Gasteiger partial charge >= 0.3 is 29.6 Å². The van der Waals surface area contributed by atoms with Crippen LogP contribution in [0.25, 0.3) is 10.4 Å². The summed E-state index contributed by atoms with van der Waals surface area (Å²) in [5, 5.41) is 21.5. The second kappa shape index (κ2) is 6.82. The van der Waals surface area contributed by atoms with E-state index in [9.17, 15) is 24.6 Å². The first-order valence-electron chi connectivity index (χ1n) is 8.17. The summed E-state index contributed by atoms with van der Waals surface area (Å²) in [6.07, 6.45) is 1.22. The van der Waals surface area contributed by atoms with Crippen LogP contribution in [0.3, 0.4) is 0 Å². The van der Waals surface area contributed by atoms with Crippen LogP contribution in [0.5, 0.6) is 0 Å². The number of ketones is 1. The van der Waals surface area contributed by atoms with Crippen molar-refractivity contribution >= 4 is 39.4 Å². The third-order valence-corrected chi connectivity index (χ3v) is 6.20. The van der Waals surface area contributed by atoms with Crippen molar-refractivity contribution in [3.8, 4) is 0 Å². The van der Waals surface area contributed by atoms with Crippen LogP contribution in [0.15, 0.2) is 11.9 Å². The number of fused-ring (bicyclic) bond motifs is 2. The Kier molecular flexibility index (Phi) is 5.11. The largest absolute Gasteiger partial charge is 1.00 e. The average Bonchev–Trinajstić information content (AvgIpc) is 3.17. The van der Waals surface area contributed by atoms with Crippen LogP contribution in [0.1, 0.15) is 41.5 Å². The van der Waals surface area contributed by atoms with E-state index in [0.29, 0.717) is 33.2 Å². The average molecular weight is 397 g/mol. The number of aromatic nitrogens is 2. The van der Waals surface area contributed by atoms with Crippen molar-refractivity contribution in [3.63, 3.8) is 0 Å². The van der Waals surface area contributed by atoms with E-state index >= 15 is 0 Å². The quantitative estimate of drug-likeness (QED) is 0.334. The molecule has 2 aliphatic heterocycles. The molecule has 0 spiro atoms. The Bertz CT molecular complexity index is 1020. The standard InChI is InChI=1S/C17H17N3O5S.Na/c1-6(21)12-10-4-9(14(17(24)25)20(10)15(12)23)11-5-19-8(3)18-13(7(2)22)16(19)26-11;/h5-6,10,12,21H,4H2,1-3H3,(H,24,25);/q;+1/p-1/t6-,10-,12-;/m1./s1. The molecule has 10 heteroatoms. The molecule has 2 aromatic rings. The summed E-state index contributed by atoms with van der Waals surface area (Å²) in [5.74, 6) is -1.96. The zero-order chi connectivity index (χ0) is 18.9. The maximum absolute atomic E-state index is 12.3. The SMILES string of the molecule is CC(=O)c1nc(C)n2cc(C3=C(C(=O)[O-])N4C(=O)[C@H]([C@@H](C)O)[C@H]4C3)sc12.[Na+]. The number of carbonyl (C=O) groups is 3. The third kappa shape index (κ3) is 2.80. The third-order valence-electron chi connectivity index (χ3n) is 5.05. The molecule has 2 aliphatic rings. The van der Waals surface area contributed by atoms with Crippen molar-refractivity contribution in [2.45, 2.75) is 39.3 Å². The Morgan fingerprint density at radius 1 is 1.44 bits per heavy atom. The van der Waals surface area contributed by atoms with E-state index in [4.69, 9.17) is 0 Å². The Morgan fingerprint density at radius 3 is 2.67 bits per heavy atom. The van der Waals surface area contributed by atoms with E-state index in [1.807, 2.05) is 0 Å². The van der Waals surface area contributed by atoms with Gasteiger partial charge in [-0.1, -0.05) is 0 Å². The molecule has 4 rings (SSSR count). The molecule has 0 aliphatic carbocycles. The number of aliphatic hydroxyl groups excluding tert-OH is 1. The molecular weight excluding hydrogens is 381 g/mol. The molecule has 2 aromatic heterocycles. The van der Waals surface area contributed by atoms with Crippen LogP contribution in [0.4, 0.5) is 0 Å². The summed E-state index contributed by atoms with van der Waals surface area (Å²) in [5.41, 5.74) is 0.694. The maximum Gasteiger partial charge on any atom is 1.00 e. The van der Waals surface area contributed by atoms with Gasteiger partial charge < -0.3 is 19.9 Å². The van der Waals surface area contributed by atoms with Crippen molar-refractivity contribution in [2.24, 2.45) is 5.92 Å². The van der Waals surface area contributed by atoms with E-state index in [1.54, 1.807) is 17.5 Å². The summed E-state index contributed by atoms with van der Waals surface area (Å²) in [4.78, 5) is 42.5. The maximum atomic E-state index is 12.3. The number of rotatable bonds is 4. The number of hydrogen-bond acceptors (Lipinski definition) is 7. The second-order valence-corrected chi connectivity index (χ2v) is 7.73. The predicted molar refractivity (Wildman–Crippen MR) is 90.2 cm³/mol. The fourth-order valence-corrected chi connectivity index (χ4v) is 5.11. The van der Waals surface area contributed by atoms with E-state index < -0.39 is 23.9 Å². The minimum Gasteiger partial charge on any atom is -0.543 e. The van der Waals surface area contributed by atoms with E-state index in [0.717, 1.165) is 0 Å². The molecule has 1 fully saturated rings. The van der Waals surface area contributed by atoms with Gasteiger partial charge in [-0.15, -0.1) is 11.3 Å². The minimum absolute atomic E-state index is 0. The van der Waals surface area contributed by atoms with Gasteiger partial charge in [-0.05, 0) is 25.8 Å². The number of carbonyl (C=O) groups excluding carboxylic acids is 3. The Morgan fingerprint density at radius 2 is 2.11 bits per heavy atom. The Hall–Kier alpha value is -1.52. The van der Waals surface area contributed by atoms with Crippen molar-refractivity contribution in [1.29, 1.82) is 0 Å². The summed E-state index contributed by atoms with van der Waals surface area (Å²) >= 11 is 1.26. The van der Waals surface area contributed by atoms with Gasteiger partial charge in [-0.3, -0.25) is 14.0 Å². The summed E-state index contributed by atoms with van der Waals surface area (Å²) in [6, 6.07) is -0.377. The predicted octanol–water partition coefficient (Wildman–Crippen LogP) is -3.02. The molecular formula is C17H16N3NaO5S.